The Kier molecular flexibility index (Phi) is 4.44. The van der Waals surface area contributed by atoms with Gasteiger partial charge in [0.2, 0.25) is 0 Å². The maximum absolute atomic E-state index is 10.7. The predicted octanol–water partition coefficient (Wildman–Crippen LogP) is 2.17. The van der Waals surface area contributed by atoms with Crippen LogP contribution in [0.3, 0.4) is 0 Å². The lowest BCUT2D eigenvalue weighted by Gasteiger charge is -2.04. The molecular formula is C13H14N2O2S. The van der Waals surface area contributed by atoms with Gasteiger partial charge in [0.25, 0.3) is 0 Å². The molecule has 0 bridgehead atoms. The van der Waals surface area contributed by atoms with Crippen LogP contribution in [-0.2, 0) is 13.0 Å². The van der Waals surface area contributed by atoms with Crippen LogP contribution in [0, 0.1) is 0 Å². The lowest BCUT2D eigenvalue weighted by molar-refractivity contribution is 0.0697. The van der Waals surface area contributed by atoms with E-state index in [1.54, 1.807) is 23.5 Å². The van der Waals surface area contributed by atoms with Crippen LogP contribution in [0.2, 0.25) is 0 Å². The summed E-state index contributed by atoms with van der Waals surface area (Å²) in [4.78, 5) is 14.9. The van der Waals surface area contributed by atoms with Crippen LogP contribution in [-0.4, -0.2) is 22.6 Å². The van der Waals surface area contributed by atoms with Crippen LogP contribution in [0.5, 0.6) is 0 Å². The molecular weight excluding hydrogens is 248 g/mol. The minimum atomic E-state index is -0.891. The van der Waals surface area contributed by atoms with E-state index < -0.39 is 5.97 Å². The lowest BCUT2D eigenvalue weighted by atomic mass is 10.1. The van der Waals surface area contributed by atoms with Crippen molar-refractivity contribution in [2.75, 3.05) is 6.54 Å². The van der Waals surface area contributed by atoms with Crippen LogP contribution >= 0.6 is 11.3 Å². The molecule has 18 heavy (non-hydrogen) atoms. The largest absolute Gasteiger partial charge is 0.478 e. The monoisotopic (exact) mass is 262 g/mol. The molecule has 5 heteroatoms. The summed E-state index contributed by atoms with van der Waals surface area (Å²) >= 11 is 1.60. The molecule has 4 nitrogen and oxygen atoms in total. The van der Waals surface area contributed by atoms with Crippen molar-refractivity contribution in [3.8, 4) is 0 Å². The van der Waals surface area contributed by atoms with Crippen molar-refractivity contribution in [3.05, 3.63) is 52.0 Å². The van der Waals surface area contributed by atoms with Gasteiger partial charge in [0.05, 0.1) is 16.8 Å². The molecule has 0 aliphatic carbocycles. The van der Waals surface area contributed by atoms with Crippen LogP contribution < -0.4 is 5.32 Å². The van der Waals surface area contributed by atoms with Gasteiger partial charge < -0.3 is 10.4 Å². The fourth-order valence-electron chi connectivity index (χ4n) is 1.58. The molecule has 0 aliphatic heterocycles. The second-order valence-corrected chi connectivity index (χ2v) is 4.63. The second-order valence-electron chi connectivity index (χ2n) is 3.91. The maximum Gasteiger partial charge on any atom is 0.335 e. The molecule has 0 atom stereocenters. The van der Waals surface area contributed by atoms with E-state index in [1.807, 2.05) is 23.0 Å². The molecule has 0 amide bonds. The molecule has 1 aromatic carbocycles. The molecule has 94 valence electrons. The van der Waals surface area contributed by atoms with E-state index in [4.69, 9.17) is 5.11 Å². The van der Waals surface area contributed by atoms with E-state index >= 15 is 0 Å². The highest BCUT2D eigenvalue weighted by molar-refractivity contribution is 7.07. The standard InChI is InChI=1S/C13H14N2O2S/c16-13(17)11-3-1-10(2-4-11)7-14-6-5-12-8-18-9-15-12/h1-4,8-9,14H,5-7H2,(H,16,17). The number of thiazole rings is 1. The number of rotatable bonds is 6. The summed E-state index contributed by atoms with van der Waals surface area (Å²) < 4.78 is 0. The number of carbonyl (C=O) groups is 1. The zero-order valence-corrected chi connectivity index (χ0v) is 10.6. The van der Waals surface area contributed by atoms with Gasteiger partial charge in [0.15, 0.2) is 0 Å². The van der Waals surface area contributed by atoms with Crippen molar-refractivity contribution in [2.24, 2.45) is 0 Å². The Hall–Kier alpha value is -1.72. The molecule has 0 saturated carbocycles. The van der Waals surface area contributed by atoms with Gasteiger partial charge in [-0.3, -0.25) is 0 Å². The van der Waals surface area contributed by atoms with Gasteiger partial charge in [-0.25, -0.2) is 9.78 Å². The van der Waals surface area contributed by atoms with Gasteiger partial charge in [-0.15, -0.1) is 11.3 Å². The fraction of sp³-hybridized carbons (Fsp3) is 0.231. The van der Waals surface area contributed by atoms with E-state index in [9.17, 15) is 4.79 Å². The zero-order chi connectivity index (χ0) is 12.8. The SMILES string of the molecule is O=C(O)c1ccc(CNCCc2cscn2)cc1. The summed E-state index contributed by atoms with van der Waals surface area (Å²) in [6.07, 6.45) is 0.913. The number of aromatic nitrogens is 1. The number of carboxylic acids is 1. The number of hydrogen-bond acceptors (Lipinski definition) is 4. The Morgan fingerprint density at radius 2 is 2.11 bits per heavy atom. The highest BCUT2D eigenvalue weighted by Gasteiger charge is 2.01. The molecule has 0 saturated heterocycles. The van der Waals surface area contributed by atoms with Crippen LogP contribution in [0.15, 0.2) is 35.2 Å². The Morgan fingerprint density at radius 1 is 1.33 bits per heavy atom. The first-order valence-electron chi connectivity index (χ1n) is 5.66. The highest BCUT2D eigenvalue weighted by Crippen LogP contribution is 2.04. The number of hydrogen-bond donors (Lipinski definition) is 2. The number of benzene rings is 1. The molecule has 2 rings (SSSR count). The topological polar surface area (TPSA) is 62.2 Å². The van der Waals surface area contributed by atoms with Crippen molar-refractivity contribution in [3.63, 3.8) is 0 Å². The van der Waals surface area contributed by atoms with Gasteiger partial charge in [0, 0.05) is 24.9 Å². The minimum Gasteiger partial charge on any atom is -0.478 e. The molecule has 2 N–H and O–H groups in total. The smallest absolute Gasteiger partial charge is 0.335 e. The van der Waals surface area contributed by atoms with E-state index in [0.29, 0.717) is 5.56 Å². The summed E-state index contributed by atoms with van der Waals surface area (Å²) in [6, 6.07) is 6.91. The van der Waals surface area contributed by atoms with Crippen molar-refractivity contribution >= 4 is 17.3 Å². The molecule has 0 aliphatic rings. The fourth-order valence-corrected chi connectivity index (χ4v) is 2.17. The number of aromatic carboxylic acids is 1. The number of nitrogens with zero attached hydrogens (tertiary/aromatic N) is 1. The normalized spacial score (nSPS) is 10.4. The van der Waals surface area contributed by atoms with Crippen molar-refractivity contribution < 1.29 is 9.90 Å². The van der Waals surface area contributed by atoms with E-state index in [-0.39, 0.29) is 0 Å². The van der Waals surface area contributed by atoms with Gasteiger partial charge >= 0.3 is 5.97 Å². The van der Waals surface area contributed by atoms with Gasteiger partial charge in [0.1, 0.15) is 0 Å². The third-order valence-corrected chi connectivity index (χ3v) is 3.21. The van der Waals surface area contributed by atoms with Crippen molar-refractivity contribution in [1.82, 2.24) is 10.3 Å². The minimum absolute atomic E-state index is 0.321. The van der Waals surface area contributed by atoms with Gasteiger partial charge in [-0.1, -0.05) is 12.1 Å². The Morgan fingerprint density at radius 3 is 2.72 bits per heavy atom. The number of nitrogens with one attached hydrogen (secondary N) is 1. The van der Waals surface area contributed by atoms with E-state index in [1.165, 1.54) is 0 Å². The first-order chi connectivity index (χ1) is 8.75. The first kappa shape index (κ1) is 12.7. The molecule has 0 fully saturated rings. The third kappa shape index (κ3) is 3.65. The zero-order valence-electron chi connectivity index (χ0n) is 9.80. The van der Waals surface area contributed by atoms with Gasteiger partial charge in [-0.05, 0) is 17.7 Å². The summed E-state index contributed by atoms with van der Waals surface area (Å²) in [5.41, 5.74) is 4.34. The van der Waals surface area contributed by atoms with Crippen LogP contribution in [0.1, 0.15) is 21.6 Å². The predicted molar refractivity (Wildman–Crippen MR) is 70.9 cm³/mol. The Labute approximate surface area is 109 Å². The molecule has 1 aromatic heterocycles. The quantitative estimate of drug-likeness (QED) is 0.783. The average molecular weight is 262 g/mol. The summed E-state index contributed by atoms with van der Waals surface area (Å²) in [6.45, 7) is 1.61. The lowest BCUT2D eigenvalue weighted by Crippen LogP contribution is -2.16. The van der Waals surface area contributed by atoms with Crippen LogP contribution in [0.25, 0.3) is 0 Å². The first-order valence-corrected chi connectivity index (χ1v) is 6.60. The summed E-state index contributed by atoms with van der Waals surface area (Å²) in [5.74, 6) is -0.891. The molecule has 0 unspecified atom stereocenters. The summed E-state index contributed by atoms with van der Waals surface area (Å²) in [7, 11) is 0. The third-order valence-electron chi connectivity index (χ3n) is 2.57. The van der Waals surface area contributed by atoms with Crippen LogP contribution in [0.4, 0.5) is 0 Å². The molecule has 0 radical (unpaired) electrons. The molecule has 2 aromatic rings. The van der Waals surface area contributed by atoms with Gasteiger partial charge in [-0.2, -0.15) is 0 Å². The van der Waals surface area contributed by atoms with E-state index in [2.05, 4.69) is 10.3 Å². The Balaban J connectivity index is 1.75. The second kappa shape index (κ2) is 6.28. The maximum atomic E-state index is 10.7. The average Bonchev–Trinajstić information content (AvgIpc) is 2.88. The van der Waals surface area contributed by atoms with E-state index in [0.717, 1.165) is 30.8 Å². The highest BCUT2D eigenvalue weighted by atomic mass is 32.1. The van der Waals surface area contributed by atoms with Crippen molar-refractivity contribution in [1.29, 1.82) is 0 Å². The molecule has 1 heterocycles. The summed E-state index contributed by atoms with van der Waals surface area (Å²) in [5, 5.41) is 14.1. The molecule has 0 spiro atoms. The Bertz CT molecular complexity index is 494. The number of carboxylic acid groups (broad SMARTS) is 1. The van der Waals surface area contributed by atoms with Crippen molar-refractivity contribution in [2.45, 2.75) is 13.0 Å².